The minimum Gasteiger partial charge on any atom is -0.495 e. The Morgan fingerprint density at radius 1 is 0.793 bits per heavy atom. The SMILES string of the molecule is CC/C=C(\CCCNCCCNCCCO)OC(CC)CCCCCCCCC. The van der Waals surface area contributed by atoms with Gasteiger partial charge in [-0.25, -0.2) is 0 Å². The summed E-state index contributed by atoms with van der Waals surface area (Å²) in [6, 6.07) is 0. The van der Waals surface area contributed by atoms with Gasteiger partial charge in [-0.05, 0) is 77.2 Å². The fourth-order valence-corrected chi connectivity index (χ4v) is 3.51. The first kappa shape index (κ1) is 28.4. The Labute approximate surface area is 182 Å². The summed E-state index contributed by atoms with van der Waals surface area (Å²) in [7, 11) is 0. The van der Waals surface area contributed by atoms with E-state index in [4.69, 9.17) is 9.84 Å². The normalized spacial score (nSPS) is 13.0. The highest BCUT2D eigenvalue weighted by atomic mass is 16.5. The van der Waals surface area contributed by atoms with Crippen LogP contribution < -0.4 is 10.6 Å². The predicted octanol–water partition coefficient (Wildman–Crippen LogP) is 5.95. The molecule has 0 aliphatic rings. The van der Waals surface area contributed by atoms with Crippen molar-refractivity contribution in [2.24, 2.45) is 0 Å². The summed E-state index contributed by atoms with van der Waals surface area (Å²) in [6.45, 7) is 11.0. The Balaban J connectivity index is 3.80. The molecular formula is C25H52N2O2. The topological polar surface area (TPSA) is 53.5 Å². The fraction of sp³-hybridized carbons (Fsp3) is 0.920. The van der Waals surface area contributed by atoms with Gasteiger partial charge in [-0.15, -0.1) is 0 Å². The molecule has 0 spiro atoms. The summed E-state index contributed by atoms with van der Waals surface area (Å²) in [4.78, 5) is 0. The number of nitrogens with one attached hydrogen (secondary N) is 2. The third kappa shape index (κ3) is 20.5. The van der Waals surface area contributed by atoms with Crippen molar-refractivity contribution >= 4 is 0 Å². The Kier molecular flexibility index (Phi) is 23.2. The van der Waals surface area contributed by atoms with Gasteiger partial charge < -0.3 is 20.5 Å². The molecule has 0 saturated carbocycles. The van der Waals surface area contributed by atoms with Crippen molar-refractivity contribution in [2.45, 2.75) is 117 Å². The summed E-state index contributed by atoms with van der Waals surface area (Å²) < 4.78 is 6.37. The van der Waals surface area contributed by atoms with Crippen LogP contribution in [0.2, 0.25) is 0 Å². The lowest BCUT2D eigenvalue weighted by atomic mass is 10.0. The van der Waals surface area contributed by atoms with E-state index in [0.717, 1.165) is 64.7 Å². The molecule has 1 unspecified atom stereocenters. The Morgan fingerprint density at radius 2 is 1.41 bits per heavy atom. The van der Waals surface area contributed by atoms with E-state index in [2.05, 4.69) is 37.5 Å². The molecule has 0 saturated heterocycles. The minimum atomic E-state index is 0.277. The van der Waals surface area contributed by atoms with Gasteiger partial charge in [0.1, 0.15) is 0 Å². The molecule has 0 rings (SSSR count). The van der Waals surface area contributed by atoms with Crippen molar-refractivity contribution in [2.75, 3.05) is 32.8 Å². The van der Waals surface area contributed by atoms with Crippen LogP contribution in [0.15, 0.2) is 11.8 Å². The lowest BCUT2D eigenvalue weighted by Crippen LogP contribution is -2.23. The Hall–Kier alpha value is -0.580. The maximum absolute atomic E-state index is 8.74. The van der Waals surface area contributed by atoms with Gasteiger partial charge in [-0.3, -0.25) is 0 Å². The average molecular weight is 413 g/mol. The summed E-state index contributed by atoms with van der Waals surface area (Å²) in [5.74, 6) is 1.20. The number of rotatable bonds is 23. The molecule has 1 atom stereocenters. The highest BCUT2D eigenvalue weighted by molar-refractivity contribution is 4.93. The first-order valence-corrected chi connectivity index (χ1v) is 12.7. The molecular weight excluding hydrogens is 360 g/mol. The van der Waals surface area contributed by atoms with Crippen LogP contribution in [-0.4, -0.2) is 44.0 Å². The van der Waals surface area contributed by atoms with Crippen molar-refractivity contribution in [3.8, 4) is 0 Å². The van der Waals surface area contributed by atoms with E-state index in [0.29, 0.717) is 6.10 Å². The quantitative estimate of drug-likeness (QED) is 0.143. The molecule has 0 radical (unpaired) electrons. The van der Waals surface area contributed by atoms with Gasteiger partial charge in [0.15, 0.2) is 0 Å². The molecule has 0 aromatic heterocycles. The van der Waals surface area contributed by atoms with Crippen molar-refractivity contribution in [1.29, 1.82) is 0 Å². The molecule has 0 aromatic carbocycles. The highest BCUT2D eigenvalue weighted by Crippen LogP contribution is 2.18. The smallest absolute Gasteiger partial charge is 0.0979 e. The lowest BCUT2D eigenvalue weighted by Gasteiger charge is -2.20. The number of hydrogen-bond acceptors (Lipinski definition) is 4. The second-order valence-corrected chi connectivity index (χ2v) is 8.17. The van der Waals surface area contributed by atoms with E-state index < -0.39 is 0 Å². The van der Waals surface area contributed by atoms with Crippen LogP contribution in [0.3, 0.4) is 0 Å². The predicted molar refractivity (Wildman–Crippen MR) is 127 cm³/mol. The Bertz CT molecular complexity index is 348. The first-order chi connectivity index (χ1) is 14.3. The molecule has 0 aliphatic carbocycles. The van der Waals surface area contributed by atoms with Crippen molar-refractivity contribution in [1.82, 2.24) is 10.6 Å². The van der Waals surface area contributed by atoms with Crippen LogP contribution in [0.1, 0.15) is 111 Å². The molecule has 0 aromatic rings. The monoisotopic (exact) mass is 412 g/mol. The molecule has 0 fully saturated rings. The van der Waals surface area contributed by atoms with E-state index >= 15 is 0 Å². The molecule has 0 aliphatic heterocycles. The number of hydrogen-bond donors (Lipinski definition) is 3. The summed E-state index contributed by atoms with van der Waals surface area (Å²) >= 11 is 0. The molecule has 4 nitrogen and oxygen atoms in total. The van der Waals surface area contributed by atoms with Gasteiger partial charge in [-0.2, -0.15) is 0 Å². The number of aliphatic hydroxyl groups is 1. The average Bonchev–Trinajstić information content (AvgIpc) is 2.73. The fourth-order valence-electron chi connectivity index (χ4n) is 3.51. The minimum absolute atomic E-state index is 0.277. The van der Waals surface area contributed by atoms with E-state index in [-0.39, 0.29) is 6.61 Å². The molecule has 29 heavy (non-hydrogen) atoms. The second kappa shape index (κ2) is 23.7. The first-order valence-electron chi connectivity index (χ1n) is 12.7. The van der Waals surface area contributed by atoms with Gasteiger partial charge in [-0.1, -0.05) is 59.3 Å². The van der Waals surface area contributed by atoms with E-state index in [9.17, 15) is 0 Å². The van der Waals surface area contributed by atoms with Gasteiger partial charge in [0, 0.05) is 13.0 Å². The van der Waals surface area contributed by atoms with Crippen LogP contribution >= 0.6 is 0 Å². The van der Waals surface area contributed by atoms with Crippen LogP contribution in [0.5, 0.6) is 0 Å². The van der Waals surface area contributed by atoms with Gasteiger partial charge in [0.05, 0.1) is 11.9 Å². The van der Waals surface area contributed by atoms with Gasteiger partial charge in [0.25, 0.3) is 0 Å². The second-order valence-electron chi connectivity index (χ2n) is 8.17. The van der Waals surface area contributed by atoms with Crippen LogP contribution in [0, 0.1) is 0 Å². The van der Waals surface area contributed by atoms with Crippen LogP contribution in [0.25, 0.3) is 0 Å². The van der Waals surface area contributed by atoms with Crippen molar-refractivity contribution < 1.29 is 9.84 Å². The third-order valence-electron chi connectivity index (χ3n) is 5.33. The lowest BCUT2D eigenvalue weighted by molar-refractivity contribution is 0.0944. The van der Waals surface area contributed by atoms with Gasteiger partial charge >= 0.3 is 0 Å². The zero-order valence-electron chi connectivity index (χ0n) is 19.9. The molecule has 4 heteroatoms. The standard InChI is InChI=1S/C25H52N2O2/c1-4-7-8-9-10-11-12-17-24(6-3)29-25(16-5-2)18-13-19-26-20-14-21-27-22-15-23-28/h16,24,26-28H,4-15,17-23H2,1-3H3/b25-16+. The van der Waals surface area contributed by atoms with Crippen molar-refractivity contribution in [3.63, 3.8) is 0 Å². The number of unbranched alkanes of at least 4 members (excludes halogenated alkanes) is 6. The Morgan fingerprint density at radius 3 is 2.03 bits per heavy atom. The number of ether oxygens (including phenoxy) is 1. The maximum atomic E-state index is 8.74. The molecule has 3 N–H and O–H groups in total. The largest absolute Gasteiger partial charge is 0.495 e. The highest BCUT2D eigenvalue weighted by Gasteiger charge is 2.09. The van der Waals surface area contributed by atoms with Crippen LogP contribution in [-0.2, 0) is 4.74 Å². The molecule has 174 valence electrons. The number of aliphatic hydroxyl groups excluding tert-OH is 1. The van der Waals surface area contributed by atoms with Crippen LogP contribution in [0.4, 0.5) is 0 Å². The molecule has 0 amide bonds. The van der Waals surface area contributed by atoms with Crippen molar-refractivity contribution in [3.05, 3.63) is 11.8 Å². The zero-order chi connectivity index (χ0) is 21.4. The van der Waals surface area contributed by atoms with Gasteiger partial charge in [0.2, 0.25) is 0 Å². The molecule has 0 heterocycles. The summed E-state index contributed by atoms with van der Waals surface area (Å²) in [6.07, 6.45) is 19.8. The third-order valence-corrected chi connectivity index (χ3v) is 5.33. The van der Waals surface area contributed by atoms with E-state index in [1.165, 1.54) is 57.1 Å². The van der Waals surface area contributed by atoms with E-state index in [1.807, 2.05) is 0 Å². The van der Waals surface area contributed by atoms with E-state index in [1.54, 1.807) is 0 Å². The summed E-state index contributed by atoms with van der Waals surface area (Å²) in [5, 5.41) is 15.6. The molecule has 0 bridgehead atoms. The zero-order valence-corrected chi connectivity index (χ0v) is 19.9. The summed E-state index contributed by atoms with van der Waals surface area (Å²) in [5.41, 5.74) is 0. The maximum Gasteiger partial charge on any atom is 0.0979 e. The number of allylic oxidation sites excluding steroid dienone is 2.